The second-order valence-electron chi connectivity index (χ2n) is 4.76. The molecule has 7 heteroatoms. The molecule has 0 atom stereocenters. The zero-order valence-electron chi connectivity index (χ0n) is 10.9. The summed E-state index contributed by atoms with van der Waals surface area (Å²) in [6, 6.07) is 5.01. The molecule has 2 rings (SSSR count). The van der Waals surface area contributed by atoms with Crippen LogP contribution >= 0.6 is 0 Å². The van der Waals surface area contributed by atoms with Gasteiger partial charge in [-0.05, 0) is 31.0 Å². The third-order valence-electron chi connectivity index (χ3n) is 3.39. The van der Waals surface area contributed by atoms with Crippen LogP contribution in [0.4, 0.5) is 11.4 Å². The molecule has 1 aromatic rings. The normalized spacial score (nSPS) is 17.4. The van der Waals surface area contributed by atoms with Crippen LogP contribution in [0.1, 0.15) is 12.8 Å². The van der Waals surface area contributed by atoms with E-state index in [1.807, 2.05) is 11.9 Å². The zero-order chi connectivity index (χ0) is 14.0. The first-order valence-corrected chi connectivity index (χ1v) is 7.66. The van der Waals surface area contributed by atoms with E-state index >= 15 is 0 Å². The minimum absolute atomic E-state index is 0.0430. The molecule has 0 unspecified atom stereocenters. The van der Waals surface area contributed by atoms with Crippen LogP contribution in [0.3, 0.4) is 0 Å². The van der Waals surface area contributed by atoms with E-state index < -0.39 is 10.0 Å². The molecule has 1 aliphatic heterocycles. The first-order valence-electron chi connectivity index (χ1n) is 6.12. The highest BCUT2D eigenvalue weighted by Gasteiger charge is 2.20. The number of nitrogens with zero attached hydrogens (tertiary/aromatic N) is 1. The van der Waals surface area contributed by atoms with Crippen LogP contribution in [0, 0.1) is 0 Å². The Kier molecular flexibility index (Phi) is 3.98. The standard InChI is InChI=1S/C12H19N3O3S/c1-15(10-2-4-18-5-3-10)11-6-9(13)7-12(8-11)19(14,16)17/h6-8,10H,2-5,13H2,1H3,(H2,14,16,17). The van der Waals surface area contributed by atoms with Gasteiger partial charge in [-0.2, -0.15) is 0 Å². The van der Waals surface area contributed by atoms with Crippen molar-refractivity contribution >= 4 is 21.4 Å². The molecule has 0 radical (unpaired) electrons. The summed E-state index contributed by atoms with van der Waals surface area (Å²) in [4.78, 5) is 2.08. The van der Waals surface area contributed by atoms with Gasteiger partial charge in [0.05, 0.1) is 4.90 Å². The summed E-state index contributed by atoms with van der Waals surface area (Å²) in [6.45, 7) is 1.44. The maximum atomic E-state index is 11.4. The molecule has 4 N–H and O–H groups in total. The Morgan fingerprint density at radius 3 is 2.47 bits per heavy atom. The molecule has 1 heterocycles. The fraction of sp³-hybridized carbons (Fsp3) is 0.500. The first-order chi connectivity index (χ1) is 8.88. The lowest BCUT2D eigenvalue weighted by Gasteiger charge is -2.33. The van der Waals surface area contributed by atoms with E-state index in [9.17, 15) is 8.42 Å². The molecule has 1 aliphatic rings. The van der Waals surface area contributed by atoms with Crippen LogP contribution in [-0.2, 0) is 14.8 Å². The number of anilines is 2. The molecule has 0 saturated carbocycles. The molecule has 0 aliphatic carbocycles. The van der Waals surface area contributed by atoms with Crippen molar-refractivity contribution in [1.82, 2.24) is 0 Å². The maximum absolute atomic E-state index is 11.4. The molecular weight excluding hydrogens is 266 g/mol. The third-order valence-corrected chi connectivity index (χ3v) is 4.28. The number of benzene rings is 1. The Bertz CT molecular complexity index is 553. The third kappa shape index (κ3) is 3.37. The first kappa shape index (κ1) is 14.1. The highest BCUT2D eigenvalue weighted by molar-refractivity contribution is 7.89. The van der Waals surface area contributed by atoms with Crippen LogP contribution in [-0.4, -0.2) is 34.7 Å². The molecular formula is C12H19N3O3S. The maximum Gasteiger partial charge on any atom is 0.238 e. The minimum Gasteiger partial charge on any atom is -0.399 e. The summed E-state index contributed by atoms with van der Waals surface area (Å²) in [5, 5.41) is 5.15. The number of nitrogen functional groups attached to an aromatic ring is 1. The van der Waals surface area contributed by atoms with Crippen molar-refractivity contribution in [1.29, 1.82) is 0 Å². The van der Waals surface area contributed by atoms with Gasteiger partial charge in [-0.25, -0.2) is 13.6 Å². The van der Waals surface area contributed by atoms with Gasteiger partial charge in [0.1, 0.15) is 0 Å². The van der Waals surface area contributed by atoms with Gasteiger partial charge >= 0.3 is 0 Å². The van der Waals surface area contributed by atoms with Crippen molar-refractivity contribution < 1.29 is 13.2 Å². The highest BCUT2D eigenvalue weighted by Crippen LogP contribution is 2.26. The van der Waals surface area contributed by atoms with Crippen LogP contribution in [0.5, 0.6) is 0 Å². The quantitative estimate of drug-likeness (QED) is 0.789. The van der Waals surface area contributed by atoms with Crippen molar-refractivity contribution in [3.63, 3.8) is 0 Å². The molecule has 0 spiro atoms. The molecule has 1 saturated heterocycles. The number of nitrogens with two attached hydrogens (primary N) is 2. The second-order valence-corrected chi connectivity index (χ2v) is 6.32. The molecule has 106 valence electrons. The van der Waals surface area contributed by atoms with E-state index in [1.165, 1.54) is 6.07 Å². The molecule has 6 nitrogen and oxygen atoms in total. The van der Waals surface area contributed by atoms with Crippen molar-refractivity contribution in [3.8, 4) is 0 Å². The van der Waals surface area contributed by atoms with Gasteiger partial charge in [-0.3, -0.25) is 0 Å². The van der Waals surface area contributed by atoms with E-state index in [4.69, 9.17) is 15.6 Å². The van der Waals surface area contributed by atoms with Crippen molar-refractivity contribution in [2.24, 2.45) is 5.14 Å². The summed E-state index contributed by atoms with van der Waals surface area (Å²) in [5.41, 5.74) is 6.90. The van der Waals surface area contributed by atoms with Crippen molar-refractivity contribution in [3.05, 3.63) is 18.2 Å². The van der Waals surface area contributed by atoms with Gasteiger partial charge < -0.3 is 15.4 Å². The van der Waals surface area contributed by atoms with E-state index in [-0.39, 0.29) is 4.90 Å². The number of ether oxygens (including phenoxy) is 1. The Balaban J connectivity index is 2.31. The zero-order valence-corrected chi connectivity index (χ0v) is 11.7. The molecule has 1 aromatic carbocycles. The summed E-state index contributed by atoms with van der Waals surface area (Å²) in [6.07, 6.45) is 1.83. The van der Waals surface area contributed by atoms with E-state index in [0.717, 1.165) is 31.7 Å². The number of sulfonamides is 1. The minimum atomic E-state index is -3.74. The molecule has 0 amide bonds. The predicted octanol–water partition coefficient (Wildman–Crippen LogP) is 0.531. The number of primary sulfonamides is 1. The smallest absolute Gasteiger partial charge is 0.238 e. The average Bonchev–Trinajstić information content (AvgIpc) is 2.37. The van der Waals surface area contributed by atoms with Crippen molar-refractivity contribution in [2.75, 3.05) is 30.9 Å². The van der Waals surface area contributed by atoms with Crippen molar-refractivity contribution in [2.45, 2.75) is 23.8 Å². The number of rotatable bonds is 3. The SMILES string of the molecule is CN(c1cc(N)cc(S(N)(=O)=O)c1)C1CCOCC1. The van der Waals surface area contributed by atoms with Crippen LogP contribution in [0.2, 0.25) is 0 Å². The average molecular weight is 285 g/mol. The molecule has 19 heavy (non-hydrogen) atoms. The monoisotopic (exact) mass is 285 g/mol. The van der Waals surface area contributed by atoms with Crippen LogP contribution in [0.15, 0.2) is 23.1 Å². The van der Waals surface area contributed by atoms with E-state index in [2.05, 4.69) is 0 Å². The lowest BCUT2D eigenvalue weighted by atomic mass is 10.1. The molecule has 0 aromatic heterocycles. The summed E-state index contributed by atoms with van der Waals surface area (Å²) in [7, 11) is -1.82. The van der Waals surface area contributed by atoms with Gasteiger partial charge in [-0.15, -0.1) is 0 Å². The summed E-state index contributed by atoms with van der Waals surface area (Å²) in [5.74, 6) is 0. The van der Waals surface area contributed by atoms with Crippen LogP contribution in [0.25, 0.3) is 0 Å². The number of hydrogen-bond donors (Lipinski definition) is 2. The molecule has 0 bridgehead atoms. The van der Waals surface area contributed by atoms with Gasteiger partial charge in [-0.1, -0.05) is 0 Å². The molecule has 1 fully saturated rings. The Hall–Kier alpha value is -1.31. The summed E-state index contributed by atoms with van der Waals surface area (Å²) < 4.78 is 28.2. The predicted molar refractivity (Wildman–Crippen MR) is 74.5 cm³/mol. The fourth-order valence-corrected chi connectivity index (χ4v) is 2.84. The Morgan fingerprint density at radius 2 is 1.89 bits per heavy atom. The number of hydrogen-bond acceptors (Lipinski definition) is 5. The van der Waals surface area contributed by atoms with E-state index in [0.29, 0.717) is 11.7 Å². The summed E-state index contributed by atoms with van der Waals surface area (Å²) >= 11 is 0. The fourth-order valence-electron chi connectivity index (χ4n) is 2.26. The topological polar surface area (TPSA) is 98.6 Å². The Labute approximate surface area is 113 Å². The van der Waals surface area contributed by atoms with Gasteiger partial charge in [0, 0.05) is 37.7 Å². The van der Waals surface area contributed by atoms with Gasteiger partial charge in [0.25, 0.3) is 0 Å². The van der Waals surface area contributed by atoms with Gasteiger partial charge in [0.2, 0.25) is 10.0 Å². The van der Waals surface area contributed by atoms with Crippen LogP contribution < -0.4 is 15.8 Å². The largest absolute Gasteiger partial charge is 0.399 e. The lowest BCUT2D eigenvalue weighted by molar-refractivity contribution is 0.0855. The second kappa shape index (κ2) is 5.36. The van der Waals surface area contributed by atoms with E-state index in [1.54, 1.807) is 12.1 Å². The Morgan fingerprint density at radius 1 is 1.26 bits per heavy atom. The van der Waals surface area contributed by atoms with Gasteiger partial charge in [0.15, 0.2) is 0 Å². The highest BCUT2D eigenvalue weighted by atomic mass is 32.2. The lowest BCUT2D eigenvalue weighted by Crippen LogP contribution is -2.36.